The van der Waals surface area contributed by atoms with Crippen molar-refractivity contribution in [3.05, 3.63) is 82.8 Å². The number of nitrogens with zero attached hydrogens (tertiary/aromatic N) is 7. The van der Waals surface area contributed by atoms with Crippen LogP contribution in [0.4, 0.5) is 14.6 Å². The van der Waals surface area contributed by atoms with Gasteiger partial charge in [-0.05, 0) is 56.0 Å². The van der Waals surface area contributed by atoms with E-state index in [-0.39, 0.29) is 45.4 Å². The van der Waals surface area contributed by atoms with Crippen molar-refractivity contribution in [3.63, 3.8) is 0 Å². The van der Waals surface area contributed by atoms with Gasteiger partial charge in [-0.2, -0.15) is 13.4 Å². The van der Waals surface area contributed by atoms with Crippen LogP contribution in [-0.2, 0) is 10.0 Å². The number of pyridine rings is 1. The van der Waals surface area contributed by atoms with E-state index in [9.17, 15) is 22.7 Å². The Labute approximate surface area is 255 Å². The van der Waals surface area contributed by atoms with Crippen molar-refractivity contribution < 1.29 is 22.3 Å². The topological polar surface area (TPSA) is 148 Å². The van der Waals surface area contributed by atoms with Crippen LogP contribution in [0.25, 0.3) is 28.0 Å². The van der Waals surface area contributed by atoms with Gasteiger partial charge in [-0.3, -0.25) is 0 Å². The van der Waals surface area contributed by atoms with Crippen LogP contribution in [0.2, 0.25) is 0 Å². The molecule has 0 spiro atoms. The summed E-state index contributed by atoms with van der Waals surface area (Å²) in [6.07, 6.45) is 4.74. The van der Waals surface area contributed by atoms with E-state index in [0.717, 1.165) is 52.8 Å². The Bertz CT molecular complexity index is 2150. The van der Waals surface area contributed by atoms with Gasteiger partial charge in [0.15, 0.2) is 17.3 Å². The van der Waals surface area contributed by atoms with Crippen molar-refractivity contribution in [2.75, 3.05) is 18.0 Å². The van der Waals surface area contributed by atoms with Gasteiger partial charge in [0.25, 0.3) is 10.0 Å². The molecule has 0 radical (unpaired) electrons. The second-order valence-corrected chi connectivity index (χ2v) is 13.4. The highest BCUT2D eigenvalue weighted by Gasteiger charge is 2.35. The number of para-hydroxylation sites is 1. The standard InChI is InChI=1S/C30H26F2N8O4S/c31-20-4-3-6-23(41)25(20)26-21(32)12-19-28(38-13-17-10-11-18(14-38)34-17)36-30(42)40(29(19)35-26)22-5-1-2-7-24(22)45(43,44)39-15-33-27(37-39)16-8-9-16/h1-7,12,15-18,34,41H,8-11,13-14H2. The number of phenolic OH excluding ortho intramolecular Hbond substituents is 1. The summed E-state index contributed by atoms with van der Waals surface area (Å²) in [5.41, 5.74) is -2.18. The SMILES string of the molecule is O=c1nc(N2CC3CCC(C2)N3)c2cc(F)c(-c3c(O)cccc3F)nc2n1-c1ccccc1S(=O)(=O)n1cnc(C2CC2)n1. The molecule has 2 N–H and O–H groups in total. The average molecular weight is 633 g/mol. The highest BCUT2D eigenvalue weighted by Crippen LogP contribution is 2.39. The molecule has 45 heavy (non-hydrogen) atoms. The predicted molar refractivity (Wildman–Crippen MR) is 159 cm³/mol. The molecule has 5 aromatic rings. The number of hydrogen-bond donors (Lipinski definition) is 2. The number of benzene rings is 2. The molecule has 12 nitrogen and oxygen atoms in total. The van der Waals surface area contributed by atoms with Crippen LogP contribution < -0.4 is 15.9 Å². The highest BCUT2D eigenvalue weighted by molar-refractivity contribution is 7.90. The number of hydrogen-bond acceptors (Lipinski definition) is 10. The molecule has 2 unspecified atom stereocenters. The Balaban J connectivity index is 1.38. The molecule has 3 aliphatic rings. The van der Waals surface area contributed by atoms with Gasteiger partial charge in [-0.1, -0.05) is 18.2 Å². The van der Waals surface area contributed by atoms with Crippen molar-refractivity contribution in [1.82, 2.24) is 34.0 Å². The van der Waals surface area contributed by atoms with Gasteiger partial charge in [0.2, 0.25) is 0 Å². The van der Waals surface area contributed by atoms with E-state index in [0.29, 0.717) is 18.9 Å². The van der Waals surface area contributed by atoms with E-state index >= 15 is 4.39 Å². The maximum atomic E-state index is 15.9. The molecule has 2 saturated heterocycles. The van der Waals surface area contributed by atoms with Gasteiger partial charge in [0.05, 0.1) is 16.6 Å². The van der Waals surface area contributed by atoms with Gasteiger partial charge in [-0.15, -0.1) is 9.19 Å². The second kappa shape index (κ2) is 10.1. The van der Waals surface area contributed by atoms with E-state index in [4.69, 9.17) is 0 Å². The molecule has 8 rings (SSSR count). The first kappa shape index (κ1) is 27.8. The lowest BCUT2D eigenvalue weighted by atomic mass is 10.1. The van der Waals surface area contributed by atoms with E-state index in [1.165, 1.54) is 30.3 Å². The van der Waals surface area contributed by atoms with Crippen LogP contribution in [0.5, 0.6) is 5.75 Å². The zero-order valence-corrected chi connectivity index (χ0v) is 24.5. The third kappa shape index (κ3) is 4.56. The zero-order valence-electron chi connectivity index (χ0n) is 23.6. The molecule has 0 amide bonds. The number of aromatic hydroxyl groups is 1. The van der Waals surface area contributed by atoms with E-state index in [1.807, 2.05) is 4.90 Å². The number of halogens is 2. The minimum atomic E-state index is -4.37. The van der Waals surface area contributed by atoms with Crippen LogP contribution in [-0.4, -0.2) is 67.4 Å². The van der Waals surface area contributed by atoms with Crippen LogP contribution in [0.3, 0.4) is 0 Å². The van der Waals surface area contributed by atoms with E-state index < -0.39 is 44.4 Å². The Morgan fingerprint density at radius 1 is 0.933 bits per heavy atom. The van der Waals surface area contributed by atoms with Crippen LogP contribution in [0.1, 0.15) is 37.4 Å². The van der Waals surface area contributed by atoms with Crippen LogP contribution >= 0.6 is 0 Å². The normalized spacial score (nSPS) is 19.8. The third-order valence-corrected chi connectivity index (χ3v) is 10.2. The first-order chi connectivity index (χ1) is 21.7. The summed E-state index contributed by atoms with van der Waals surface area (Å²) in [4.78, 5) is 28.5. The first-order valence-corrected chi connectivity index (χ1v) is 16.0. The molecule has 2 aromatic carbocycles. The summed E-state index contributed by atoms with van der Waals surface area (Å²) in [5.74, 6) is -1.73. The lowest BCUT2D eigenvalue weighted by molar-refractivity contribution is 0.463. The number of rotatable bonds is 6. The molecule has 15 heteroatoms. The molecule has 230 valence electrons. The number of piperazine rings is 1. The van der Waals surface area contributed by atoms with Gasteiger partial charge in [-0.25, -0.2) is 28.1 Å². The Kier molecular flexibility index (Phi) is 6.25. The third-order valence-electron chi connectivity index (χ3n) is 8.61. The molecule has 2 atom stereocenters. The molecule has 1 aliphatic carbocycles. The van der Waals surface area contributed by atoms with E-state index in [1.54, 1.807) is 6.07 Å². The fourth-order valence-electron chi connectivity index (χ4n) is 6.32. The molecular formula is C30H26F2N8O4S. The molecular weight excluding hydrogens is 606 g/mol. The van der Waals surface area contributed by atoms with Gasteiger partial charge in [0, 0.05) is 31.1 Å². The second-order valence-electron chi connectivity index (χ2n) is 11.6. The number of nitrogens with one attached hydrogen (secondary N) is 1. The van der Waals surface area contributed by atoms with Crippen LogP contribution in [0.15, 0.2) is 64.5 Å². The fourth-order valence-corrected chi connectivity index (χ4v) is 7.56. The van der Waals surface area contributed by atoms with Crippen molar-refractivity contribution in [2.24, 2.45) is 0 Å². The van der Waals surface area contributed by atoms with Crippen molar-refractivity contribution in [3.8, 4) is 22.7 Å². The minimum Gasteiger partial charge on any atom is -0.507 e. The summed E-state index contributed by atoms with van der Waals surface area (Å²) >= 11 is 0. The number of anilines is 1. The molecule has 2 bridgehead atoms. The zero-order chi connectivity index (χ0) is 31.0. The summed E-state index contributed by atoms with van der Waals surface area (Å²) in [5, 5.41) is 18.3. The summed E-state index contributed by atoms with van der Waals surface area (Å²) in [6.45, 7) is 1.03. The number of fused-ring (bicyclic) bond motifs is 3. The lowest BCUT2D eigenvalue weighted by Gasteiger charge is -2.34. The van der Waals surface area contributed by atoms with Crippen molar-refractivity contribution in [2.45, 2.75) is 48.6 Å². The molecule has 3 fully saturated rings. The molecule has 2 aliphatic heterocycles. The maximum absolute atomic E-state index is 15.9. The van der Waals surface area contributed by atoms with E-state index in [2.05, 4.69) is 25.4 Å². The summed E-state index contributed by atoms with van der Waals surface area (Å²) in [7, 11) is -4.37. The molecule has 1 saturated carbocycles. The average Bonchev–Trinajstić information content (AvgIpc) is 3.64. The summed E-state index contributed by atoms with van der Waals surface area (Å²) < 4.78 is 60.4. The van der Waals surface area contributed by atoms with Crippen molar-refractivity contribution in [1.29, 1.82) is 0 Å². The number of phenols is 1. The largest absolute Gasteiger partial charge is 0.507 e. The monoisotopic (exact) mass is 632 g/mol. The first-order valence-electron chi connectivity index (χ1n) is 14.6. The van der Waals surface area contributed by atoms with Crippen molar-refractivity contribution >= 4 is 26.9 Å². The smallest absolute Gasteiger partial charge is 0.355 e. The molecule has 5 heterocycles. The predicted octanol–water partition coefficient (Wildman–Crippen LogP) is 3.08. The molecule has 3 aromatic heterocycles. The maximum Gasteiger partial charge on any atom is 0.355 e. The van der Waals surface area contributed by atoms with Gasteiger partial charge in [0.1, 0.15) is 34.3 Å². The highest BCUT2D eigenvalue weighted by atomic mass is 32.2. The van der Waals surface area contributed by atoms with Gasteiger partial charge >= 0.3 is 5.69 Å². The minimum absolute atomic E-state index is 0.104. The van der Waals surface area contributed by atoms with Gasteiger partial charge < -0.3 is 15.3 Å². The van der Waals surface area contributed by atoms with Crippen LogP contribution in [0, 0.1) is 11.6 Å². The number of aromatic nitrogens is 6. The quantitative estimate of drug-likeness (QED) is 0.286. The summed E-state index contributed by atoms with van der Waals surface area (Å²) in [6, 6.07) is 10.7. The fraction of sp³-hybridized carbons (Fsp3) is 0.300. The Morgan fingerprint density at radius 3 is 2.42 bits per heavy atom. The Morgan fingerprint density at radius 2 is 1.69 bits per heavy atom. The Hall–Kier alpha value is -4.76. The lowest BCUT2D eigenvalue weighted by Crippen LogP contribution is -2.52.